The first kappa shape index (κ1) is 14.4. The average molecular weight is 263 g/mol. The summed E-state index contributed by atoms with van der Waals surface area (Å²) in [6.45, 7) is 3.10. The zero-order valence-corrected chi connectivity index (χ0v) is 11.8. The Balaban J connectivity index is 2.24. The minimum atomic E-state index is -0.395. The van der Waals surface area contributed by atoms with Crippen molar-refractivity contribution < 1.29 is 10.2 Å². The normalized spacial score (nSPS) is 17.0. The molecule has 0 bridgehead atoms. The van der Waals surface area contributed by atoms with Crippen molar-refractivity contribution >= 4 is 5.69 Å². The van der Waals surface area contributed by atoms with E-state index in [1.165, 1.54) is 19.3 Å². The van der Waals surface area contributed by atoms with E-state index < -0.39 is 6.10 Å². The molecule has 1 aromatic carbocycles. The minimum absolute atomic E-state index is 0.224. The number of hydrogen-bond acceptors (Lipinski definition) is 3. The summed E-state index contributed by atoms with van der Waals surface area (Å²) in [6.07, 6.45) is 4.86. The second-order valence-corrected chi connectivity index (χ2v) is 5.34. The van der Waals surface area contributed by atoms with E-state index >= 15 is 0 Å². The van der Waals surface area contributed by atoms with Crippen LogP contribution in [0.15, 0.2) is 24.3 Å². The van der Waals surface area contributed by atoms with E-state index in [1.807, 2.05) is 25.1 Å². The highest BCUT2D eigenvalue weighted by Crippen LogP contribution is 2.34. The van der Waals surface area contributed by atoms with Gasteiger partial charge in [-0.1, -0.05) is 25.1 Å². The Kier molecular flexibility index (Phi) is 5.23. The van der Waals surface area contributed by atoms with Crippen LogP contribution in [0.3, 0.4) is 0 Å². The fourth-order valence-electron chi connectivity index (χ4n) is 2.69. The molecule has 1 aromatic rings. The summed E-state index contributed by atoms with van der Waals surface area (Å²) < 4.78 is 0. The van der Waals surface area contributed by atoms with Gasteiger partial charge in [-0.25, -0.2) is 0 Å². The summed E-state index contributed by atoms with van der Waals surface area (Å²) >= 11 is 0. The second kappa shape index (κ2) is 6.92. The highest BCUT2D eigenvalue weighted by molar-refractivity contribution is 5.55. The van der Waals surface area contributed by atoms with Gasteiger partial charge in [0.15, 0.2) is 0 Å². The smallest absolute Gasteiger partial charge is 0.0807 e. The molecule has 1 atom stereocenters. The monoisotopic (exact) mass is 263 g/mol. The van der Waals surface area contributed by atoms with Gasteiger partial charge >= 0.3 is 0 Å². The number of anilines is 1. The second-order valence-electron chi connectivity index (χ2n) is 5.34. The number of rotatable bonds is 7. The number of benzene rings is 1. The first-order valence-corrected chi connectivity index (χ1v) is 7.42. The topological polar surface area (TPSA) is 43.7 Å². The van der Waals surface area contributed by atoms with Crippen LogP contribution in [0.1, 0.15) is 50.7 Å². The SMILES string of the molecule is CC[C@H](O)c1ccccc1N(CCCO)C1CCC1. The Labute approximate surface area is 115 Å². The van der Waals surface area contributed by atoms with Crippen molar-refractivity contribution in [3.63, 3.8) is 0 Å². The first-order chi connectivity index (χ1) is 9.27. The molecule has 0 aromatic heterocycles. The number of nitrogens with zero attached hydrogens (tertiary/aromatic N) is 1. The third-order valence-corrected chi connectivity index (χ3v) is 4.06. The van der Waals surface area contributed by atoms with E-state index in [-0.39, 0.29) is 6.61 Å². The van der Waals surface area contributed by atoms with Crippen LogP contribution in [0, 0.1) is 0 Å². The molecule has 1 saturated carbocycles. The summed E-state index contributed by atoms with van der Waals surface area (Å²) in [5.74, 6) is 0. The van der Waals surface area contributed by atoms with Crippen LogP contribution in [-0.2, 0) is 0 Å². The molecule has 0 saturated heterocycles. The van der Waals surface area contributed by atoms with E-state index in [0.29, 0.717) is 6.04 Å². The van der Waals surface area contributed by atoms with Crippen molar-refractivity contribution in [3.8, 4) is 0 Å². The van der Waals surface area contributed by atoms with Gasteiger partial charge in [-0.2, -0.15) is 0 Å². The zero-order chi connectivity index (χ0) is 13.7. The van der Waals surface area contributed by atoms with Gasteiger partial charge in [-0.15, -0.1) is 0 Å². The summed E-state index contributed by atoms with van der Waals surface area (Å²) in [5, 5.41) is 19.3. The quantitative estimate of drug-likeness (QED) is 0.795. The molecule has 1 fully saturated rings. The molecule has 0 aliphatic heterocycles. The fraction of sp³-hybridized carbons (Fsp3) is 0.625. The number of hydrogen-bond donors (Lipinski definition) is 2. The van der Waals surface area contributed by atoms with Gasteiger partial charge in [0.25, 0.3) is 0 Å². The maximum Gasteiger partial charge on any atom is 0.0807 e. The molecule has 2 rings (SSSR count). The van der Waals surface area contributed by atoms with Crippen LogP contribution in [-0.4, -0.2) is 29.4 Å². The van der Waals surface area contributed by atoms with Crippen molar-refractivity contribution in [2.45, 2.75) is 51.2 Å². The molecule has 1 aliphatic carbocycles. The molecule has 0 spiro atoms. The highest BCUT2D eigenvalue weighted by atomic mass is 16.3. The summed E-state index contributed by atoms with van der Waals surface area (Å²) in [4.78, 5) is 2.38. The van der Waals surface area contributed by atoms with E-state index in [1.54, 1.807) is 0 Å². The minimum Gasteiger partial charge on any atom is -0.396 e. The van der Waals surface area contributed by atoms with Crippen LogP contribution >= 0.6 is 0 Å². The predicted molar refractivity (Wildman–Crippen MR) is 78.4 cm³/mol. The standard InChI is InChI=1S/C16H25NO2/c1-2-16(19)14-9-3-4-10-15(14)17(11-6-12-18)13-7-5-8-13/h3-4,9-10,13,16,18-19H,2,5-8,11-12H2,1H3/t16-/m0/s1. The molecule has 19 heavy (non-hydrogen) atoms. The number of aliphatic hydroxyl groups is 2. The van der Waals surface area contributed by atoms with Gasteiger partial charge in [0.2, 0.25) is 0 Å². The molecule has 2 N–H and O–H groups in total. The lowest BCUT2D eigenvalue weighted by Crippen LogP contribution is -2.41. The molecule has 3 nitrogen and oxygen atoms in total. The largest absolute Gasteiger partial charge is 0.396 e. The molecule has 0 amide bonds. The Morgan fingerprint density at radius 2 is 2.05 bits per heavy atom. The van der Waals surface area contributed by atoms with Crippen LogP contribution in [0.25, 0.3) is 0 Å². The van der Waals surface area contributed by atoms with Gasteiger partial charge in [0.1, 0.15) is 0 Å². The molecule has 3 heteroatoms. The van der Waals surface area contributed by atoms with Crippen molar-refractivity contribution in [3.05, 3.63) is 29.8 Å². The Morgan fingerprint density at radius 3 is 2.63 bits per heavy atom. The fourth-order valence-corrected chi connectivity index (χ4v) is 2.69. The van der Waals surface area contributed by atoms with Crippen LogP contribution in [0.2, 0.25) is 0 Å². The summed E-state index contributed by atoms with van der Waals surface area (Å²) in [5.41, 5.74) is 2.17. The van der Waals surface area contributed by atoms with Gasteiger partial charge in [0, 0.05) is 30.4 Å². The first-order valence-electron chi connectivity index (χ1n) is 7.42. The van der Waals surface area contributed by atoms with Crippen molar-refractivity contribution in [2.75, 3.05) is 18.1 Å². The Hall–Kier alpha value is -1.06. The van der Waals surface area contributed by atoms with Gasteiger partial charge in [-0.05, 0) is 38.2 Å². The lowest BCUT2D eigenvalue weighted by Gasteiger charge is -2.40. The third-order valence-electron chi connectivity index (χ3n) is 4.06. The summed E-state index contributed by atoms with van der Waals surface area (Å²) in [6, 6.07) is 8.73. The van der Waals surface area contributed by atoms with E-state index in [0.717, 1.165) is 30.6 Å². The Morgan fingerprint density at radius 1 is 1.32 bits per heavy atom. The average Bonchev–Trinajstić information content (AvgIpc) is 2.40. The van der Waals surface area contributed by atoms with Crippen LogP contribution in [0.4, 0.5) is 5.69 Å². The zero-order valence-electron chi connectivity index (χ0n) is 11.8. The molecular formula is C16H25NO2. The van der Waals surface area contributed by atoms with Gasteiger partial charge in [-0.3, -0.25) is 0 Å². The van der Waals surface area contributed by atoms with Crippen molar-refractivity contribution in [1.29, 1.82) is 0 Å². The molecular weight excluding hydrogens is 238 g/mol. The highest BCUT2D eigenvalue weighted by Gasteiger charge is 2.27. The summed E-state index contributed by atoms with van der Waals surface area (Å²) in [7, 11) is 0. The maximum atomic E-state index is 10.2. The van der Waals surface area contributed by atoms with E-state index in [2.05, 4.69) is 11.0 Å². The molecule has 0 radical (unpaired) electrons. The van der Waals surface area contributed by atoms with Gasteiger partial charge < -0.3 is 15.1 Å². The Bertz CT molecular complexity index is 390. The predicted octanol–water partition coefficient (Wildman–Crippen LogP) is 2.87. The lowest BCUT2D eigenvalue weighted by atomic mass is 9.90. The van der Waals surface area contributed by atoms with Crippen molar-refractivity contribution in [1.82, 2.24) is 0 Å². The van der Waals surface area contributed by atoms with E-state index in [9.17, 15) is 5.11 Å². The third kappa shape index (κ3) is 3.28. The maximum absolute atomic E-state index is 10.2. The molecule has 1 aliphatic rings. The molecule has 0 unspecified atom stereocenters. The van der Waals surface area contributed by atoms with Crippen LogP contribution < -0.4 is 4.90 Å². The van der Waals surface area contributed by atoms with Crippen LogP contribution in [0.5, 0.6) is 0 Å². The lowest BCUT2D eigenvalue weighted by molar-refractivity contribution is 0.173. The number of aliphatic hydroxyl groups excluding tert-OH is 2. The molecule has 106 valence electrons. The van der Waals surface area contributed by atoms with Crippen molar-refractivity contribution in [2.24, 2.45) is 0 Å². The van der Waals surface area contributed by atoms with Gasteiger partial charge in [0.05, 0.1) is 6.10 Å². The molecule has 0 heterocycles. The number of para-hydroxylation sites is 1. The van der Waals surface area contributed by atoms with E-state index in [4.69, 9.17) is 5.11 Å².